The maximum atomic E-state index is 12.1. The van der Waals surface area contributed by atoms with E-state index in [1.165, 1.54) is 17.3 Å². The molecule has 3 aromatic rings. The van der Waals surface area contributed by atoms with Crippen LogP contribution in [0.15, 0.2) is 58.3 Å². The van der Waals surface area contributed by atoms with Crippen LogP contribution in [0.5, 0.6) is 0 Å². The van der Waals surface area contributed by atoms with Crippen LogP contribution < -0.4 is 5.32 Å². The van der Waals surface area contributed by atoms with Gasteiger partial charge < -0.3 is 14.3 Å². The predicted molar refractivity (Wildman–Crippen MR) is 97.3 cm³/mol. The molecule has 2 aromatic heterocycles. The molecule has 6 nitrogen and oxygen atoms in total. The maximum absolute atomic E-state index is 12.1. The second-order valence-electron chi connectivity index (χ2n) is 5.75. The number of thioether (sulfide) groups is 1. The third-order valence-corrected chi connectivity index (χ3v) is 4.90. The van der Waals surface area contributed by atoms with Crippen molar-refractivity contribution in [3.8, 4) is 11.6 Å². The fourth-order valence-corrected chi connectivity index (χ4v) is 3.15. The highest BCUT2D eigenvalue weighted by Gasteiger charge is 2.15. The zero-order valence-corrected chi connectivity index (χ0v) is 15.0. The van der Waals surface area contributed by atoms with Gasteiger partial charge in [0.1, 0.15) is 0 Å². The molecule has 0 aliphatic carbocycles. The molecule has 0 bridgehead atoms. The first kappa shape index (κ1) is 17.3. The number of hydrogen-bond acceptors (Lipinski definition) is 5. The van der Waals surface area contributed by atoms with Crippen LogP contribution in [0, 0.1) is 0 Å². The van der Waals surface area contributed by atoms with Crippen LogP contribution in [-0.4, -0.2) is 33.0 Å². The summed E-state index contributed by atoms with van der Waals surface area (Å²) in [5.41, 5.74) is 1.21. The number of carbonyl (C=O) groups is 1. The summed E-state index contributed by atoms with van der Waals surface area (Å²) in [6, 6.07) is 13.8. The molecular weight excluding hydrogens is 336 g/mol. The first-order chi connectivity index (χ1) is 12.1. The number of benzene rings is 1. The predicted octanol–water partition coefficient (Wildman–Crippen LogP) is 3.09. The summed E-state index contributed by atoms with van der Waals surface area (Å²) < 4.78 is 7.16. The smallest absolute Gasteiger partial charge is 0.230 e. The molecule has 0 unspecified atom stereocenters. The molecular formula is C18H20N4O2S. The number of carbonyl (C=O) groups excluding carboxylic acids is 1. The molecule has 0 aliphatic rings. The van der Waals surface area contributed by atoms with Crippen LogP contribution in [0.4, 0.5) is 0 Å². The minimum absolute atomic E-state index is 0.0182. The molecule has 1 amide bonds. The number of hydrogen-bond donors (Lipinski definition) is 1. The minimum Gasteiger partial charge on any atom is -0.461 e. The van der Waals surface area contributed by atoms with Gasteiger partial charge in [-0.15, -0.1) is 10.2 Å². The molecule has 25 heavy (non-hydrogen) atoms. The van der Waals surface area contributed by atoms with E-state index in [0.29, 0.717) is 29.0 Å². The summed E-state index contributed by atoms with van der Waals surface area (Å²) in [4.78, 5) is 12.1. The lowest BCUT2D eigenvalue weighted by atomic mass is 10.0. The van der Waals surface area contributed by atoms with Crippen molar-refractivity contribution in [1.82, 2.24) is 20.1 Å². The number of nitrogens with zero attached hydrogens (tertiary/aromatic N) is 3. The lowest BCUT2D eigenvalue weighted by molar-refractivity contribution is -0.118. The van der Waals surface area contributed by atoms with Crippen molar-refractivity contribution in [2.24, 2.45) is 7.05 Å². The minimum atomic E-state index is -0.0182. The van der Waals surface area contributed by atoms with Crippen molar-refractivity contribution in [2.45, 2.75) is 18.0 Å². The lowest BCUT2D eigenvalue weighted by Gasteiger charge is -2.12. The standard InChI is InChI=1S/C18H20N4O2S/c1-13(14-7-4-3-5-8-14)11-19-16(23)12-25-18-21-20-17(22(18)2)15-9-6-10-24-15/h3-10,13H,11-12H2,1-2H3,(H,19,23)/t13-/m1/s1. The second-order valence-corrected chi connectivity index (χ2v) is 6.69. The van der Waals surface area contributed by atoms with Crippen molar-refractivity contribution < 1.29 is 9.21 Å². The van der Waals surface area contributed by atoms with Gasteiger partial charge in [0.05, 0.1) is 12.0 Å². The summed E-state index contributed by atoms with van der Waals surface area (Å²) in [6.07, 6.45) is 1.60. The molecule has 0 saturated carbocycles. The summed E-state index contributed by atoms with van der Waals surface area (Å²) in [5.74, 6) is 1.85. The van der Waals surface area contributed by atoms with Crippen molar-refractivity contribution in [3.05, 3.63) is 54.3 Å². The summed E-state index contributed by atoms with van der Waals surface area (Å²) in [6.45, 7) is 2.71. The Balaban J connectivity index is 1.50. The first-order valence-corrected chi connectivity index (χ1v) is 9.01. The van der Waals surface area contributed by atoms with Crippen LogP contribution in [0.25, 0.3) is 11.6 Å². The molecule has 0 aliphatic heterocycles. The number of nitrogens with one attached hydrogen (secondary N) is 1. The molecule has 2 heterocycles. The molecule has 0 radical (unpaired) electrons. The zero-order chi connectivity index (χ0) is 17.6. The summed E-state index contributed by atoms with van der Waals surface area (Å²) in [5, 5.41) is 11.9. The van der Waals surface area contributed by atoms with Gasteiger partial charge in [-0.3, -0.25) is 4.79 Å². The molecule has 3 rings (SSSR count). The van der Waals surface area contributed by atoms with E-state index in [1.807, 2.05) is 35.9 Å². The molecule has 130 valence electrons. The zero-order valence-electron chi connectivity index (χ0n) is 14.2. The Bertz CT molecular complexity index is 815. The van der Waals surface area contributed by atoms with Gasteiger partial charge in [-0.2, -0.15) is 0 Å². The monoisotopic (exact) mass is 356 g/mol. The molecule has 0 spiro atoms. The Hall–Kier alpha value is -2.54. The van der Waals surface area contributed by atoms with Gasteiger partial charge in [-0.1, -0.05) is 49.0 Å². The van der Waals surface area contributed by atoms with Gasteiger partial charge in [0, 0.05) is 13.6 Å². The van der Waals surface area contributed by atoms with E-state index in [-0.39, 0.29) is 11.8 Å². The Morgan fingerprint density at radius 1 is 1.24 bits per heavy atom. The Kier molecular flexibility index (Phi) is 5.55. The Morgan fingerprint density at radius 3 is 2.76 bits per heavy atom. The van der Waals surface area contributed by atoms with Crippen LogP contribution in [0.3, 0.4) is 0 Å². The van der Waals surface area contributed by atoms with Gasteiger partial charge >= 0.3 is 0 Å². The van der Waals surface area contributed by atoms with Gasteiger partial charge in [0.15, 0.2) is 16.7 Å². The molecule has 7 heteroatoms. The molecule has 0 fully saturated rings. The van der Waals surface area contributed by atoms with Crippen LogP contribution in [0.1, 0.15) is 18.4 Å². The highest BCUT2D eigenvalue weighted by molar-refractivity contribution is 7.99. The number of amides is 1. The van der Waals surface area contributed by atoms with Crippen molar-refractivity contribution in [2.75, 3.05) is 12.3 Å². The van der Waals surface area contributed by atoms with E-state index in [1.54, 1.807) is 12.3 Å². The first-order valence-electron chi connectivity index (χ1n) is 8.03. The highest BCUT2D eigenvalue weighted by Crippen LogP contribution is 2.22. The molecule has 0 saturated heterocycles. The van der Waals surface area contributed by atoms with E-state index in [2.05, 4.69) is 34.6 Å². The fraction of sp³-hybridized carbons (Fsp3) is 0.278. The summed E-state index contributed by atoms with van der Waals surface area (Å²) in [7, 11) is 1.86. The number of furan rings is 1. The number of aromatic nitrogens is 3. The van der Waals surface area contributed by atoms with E-state index in [9.17, 15) is 4.79 Å². The second kappa shape index (κ2) is 8.02. The average Bonchev–Trinajstić information content (AvgIpc) is 3.28. The van der Waals surface area contributed by atoms with Gasteiger partial charge in [-0.05, 0) is 23.6 Å². The van der Waals surface area contributed by atoms with E-state index < -0.39 is 0 Å². The van der Waals surface area contributed by atoms with Crippen LogP contribution in [-0.2, 0) is 11.8 Å². The van der Waals surface area contributed by atoms with Crippen molar-refractivity contribution in [3.63, 3.8) is 0 Å². The summed E-state index contributed by atoms with van der Waals surface area (Å²) >= 11 is 1.36. The van der Waals surface area contributed by atoms with Crippen LogP contribution >= 0.6 is 11.8 Å². The number of rotatable bonds is 7. The van der Waals surface area contributed by atoms with Crippen molar-refractivity contribution >= 4 is 17.7 Å². The Labute approximate surface area is 150 Å². The third-order valence-electron chi connectivity index (χ3n) is 3.88. The third kappa shape index (κ3) is 4.30. The van der Waals surface area contributed by atoms with Crippen LogP contribution in [0.2, 0.25) is 0 Å². The highest BCUT2D eigenvalue weighted by atomic mass is 32.2. The van der Waals surface area contributed by atoms with E-state index >= 15 is 0 Å². The van der Waals surface area contributed by atoms with Gasteiger partial charge in [0.25, 0.3) is 0 Å². The van der Waals surface area contributed by atoms with E-state index in [4.69, 9.17) is 4.42 Å². The van der Waals surface area contributed by atoms with Gasteiger partial charge in [0.2, 0.25) is 5.91 Å². The largest absolute Gasteiger partial charge is 0.461 e. The topological polar surface area (TPSA) is 73.0 Å². The molecule has 1 N–H and O–H groups in total. The SMILES string of the molecule is C[C@H](CNC(=O)CSc1nnc(-c2ccco2)n1C)c1ccccc1. The Morgan fingerprint density at radius 2 is 2.04 bits per heavy atom. The lowest BCUT2D eigenvalue weighted by Crippen LogP contribution is -2.29. The maximum Gasteiger partial charge on any atom is 0.230 e. The van der Waals surface area contributed by atoms with E-state index in [0.717, 1.165) is 0 Å². The fourth-order valence-electron chi connectivity index (χ4n) is 2.41. The molecule has 1 aromatic carbocycles. The molecule has 1 atom stereocenters. The van der Waals surface area contributed by atoms with Crippen molar-refractivity contribution in [1.29, 1.82) is 0 Å². The normalized spacial score (nSPS) is 12.1. The average molecular weight is 356 g/mol. The quantitative estimate of drug-likeness (QED) is 0.659. The van der Waals surface area contributed by atoms with Gasteiger partial charge in [-0.25, -0.2) is 0 Å².